The molecule has 2 aliphatic rings. The van der Waals surface area contributed by atoms with E-state index in [9.17, 15) is 60.0 Å². The topological polar surface area (TPSA) is 270 Å². The van der Waals surface area contributed by atoms with E-state index in [4.69, 9.17) is 14.2 Å². The fraction of sp³-hybridized carbons (Fsp3) is 0.867. The van der Waals surface area contributed by atoms with Crippen molar-refractivity contribution in [1.29, 1.82) is 0 Å². The Bertz CT molecular complexity index is 991. The van der Waals surface area contributed by atoms with Gasteiger partial charge in [0.2, 0.25) is 5.91 Å². The zero-order chi connectivity index (χ0) is 34.7. The van der Waals surface area contributed by atoms with Gasteiger partial charge in [-0.3, -0.25) is 19.2 Å². The number of carbonyl (C=O) groups is 4. The molecule has 12 atom stereocenters. The van der Waals surface area contributed by atoms with Gasteiger partial charge in [0.1, 0.15) is 54.2 Å². The zero-order valence-corrected chi connectivity index (χ0v) is 26.5. The quantitative estimate of drug-likeness (QED) is 0.0655. The number of rotatable bonds is 19. The van der Waals surface area contributed by atoms with Crippen molar-refractivity contribution in [2.75, 3.05) is 26.4 Å². The van der Waals surface area contributed by atoms with E-state index in [1.807, 2.05) is 0 Å². The second-order valence-corrected chi connectivity index (χ2v) is 12.5. The van der Waals surface area contributed by atoms with Crippen LogP contribution >= 0.6 is 0 Å². The van der Waals surface area contributed by atoms with Gasteiger partial charge < -0.3 is 60.4 Å². The molecule has 0 aromatic carbocycles. The van der Waals surface area contributed by atoms with E-state index in [2.05, 4.69) is 5.32 Å². The van der Waals surface area contributed by atoms with E-state index in [1.165, 1.54) is 6.92 Å². The SMILES string of the molecule is CC(C)C(=O)CCCC(=O)C(COC1CC(CO)C(O)C(O)C1O)NC(=O)CCC(=O)C(C)COC1OC(CO)C(O)C(O)C1O. The second kappa shape index (κ2) is 19.1. The zero-order valence-electron chi connectivity index (χ0n) is 26.5. The number of hydrogen-bond donors (Lipinski definition) is 9. The van der Waals surface area contributed by atoms with E-state index in [0.29, 0.717) is 0 Å². The molecule has 1 heterocycles. The Kier molecular flexibility index (Phi) is 16.7. The molecule has 2 rings (SSSR count). The number of aliphatic hydroxyl groups excluding tert-OH is 8. The van der Waals surface area contributed by atoms with Crippen molar-refractivity contribution in [3.63, 3.8) is 0 Å². The van der Waals surface area contributed by atoms with E-state index < -0.39 is 110 Å². The van der Waals surface area contributed by atoms with Crippen molar-refractivity contribution in [2.45, 2.75) is 120 Å². The highest BCUT2D eigenvalue weighted by atomic mass is 16.7. The minimum absolute atomic E-state index is 0.0226. The lowest BCUT2D eigenvalue weighted by Crippen LogP contribution is -2.59. The van der Waals surface area contributed by atoms with Gasteiger partial charge in [-0.25, -0.2) is 0 Å². The van der Waals surface area contributed by atoms with Crippen molar-refractivity contribution >= 4 is 23.3 Å². The normalized spacial score (nSPS) is 33.0. The number of carbonyl (C=O) groups excluding carboxylic acids is 4. The summed E-state index contributed by atoms with van der Waals surface area (Å²) in [5.41, 5.74) is 0. The second-order valence-electron chi connectivity index (χ2n) is 12.5. The maximum absolute atomic E-state index is 13.1. The summed E-state index contributed by atoms with van der Waals surface area (Å²) < 4.78 is 16.3. The van der Waals surface area contributed by atoms with Crippen LogP contribution in [0.25, 0.3) is 0 Å². The van der Waals surface area contributed by atoms with Crippen LogP contribution in [0.5, 0.6) is 0 Å². The van der Waals surface area contributed by atoms with Crippen LogP contribution in [-0.4, -0.2) is 152 Å². The molecule has 16 heteroatoms. The van der Waals surface area contributed by atoms with E-state index in [-0.39, 0.29) is 56.8 Å². The standard InChI is InChI=1S/C30H51NO15/c1-14(2)18(34)5-4-6-20(36)17(13-44-21-9-16(10-32)24(38)27(41)25(21)39)31-23(37)8-7-19(35)15(3)12-45-30-29(43)28(42)26(40)22(11-33)46-30/h14-17,21-22,24-30,32-33,38-43H,4-13H2,1-3H3,(H,31,37). The Morgan fingerprint density at radius 1 is 0.717 bits per heavy atom. The van der Waals surface area contributed by atoms with Crippen LogP contribution in [-0.2, 0) is 33.4 Å². The summed E-state index contributed by atoms with van der Waals surface area (Å²) in [7, 11) is 0. The highest BCUT2D eigenvalue weighted by molar-refractivity contribution is 5.91. The lowest BCUT2D eigenvalue weighted by molar-refractivity contribution is -0.302. The van der Waals surface area contributed by atoms with E-state index in [1.54, 1.807) is 13.8 Å². The molecule has 1 amide bonds. The Morgan fingerprint density at radius 2 is 1.35 bits per heavy atom. The van der Waals surface area contributed by atoms with Crippen LogP contribution in [0, 0.1) is 17.8 Å². The Balaban J connectivity index is 1.95. The van der Waals surface area contributed by atoms with Crippen molar-refractivity contribution in [1.82, 2.24) is 5.32 Å². The summed E-state index contributed by atoms with van der Waals surface area (Å²) in [6.07, 6.45) is -13.3. The highest BCUT2D eigenvalue weighted by Gasteiger charge is 2.45. The molecule has 46 heavy (non-hydrogen) atoms. The minimum Gasteiger partial charge on any atom is -0.396 e. The molecule has 0 radical (unpaired) electrons. The predicted octanol–water partition coefficient (Wildman–Crippen LogP) is -3.28. The molecule has 0 bridgehead atoms. The van der Waals surface area contributed by atoms with Crippen molar-refractivity contribution < 1.29 is 74.2 Å². The molecular weight excluding hydrogens is 614 g/mol. The number of nitrogens with one attached hydrogen (secondary N) is 1. The third kappa shape index (κ3) is 11.3. The van der Waals surface area contributed by atoms with Gasteiger partial charge in [-0.1, -0.05) is 20.8 Å². The molecule has 9 N–H and O–H groups in total. The molecule has 1 aliphatic carbocycles. The first-order valence-electron chi connectivity index (χ1n) is 15.7. The van der Waals surface area contributed by atoms with Gasteiger partial charge in [0.05, 0.1) is 32.0 Å². The number of Topliss-reactive ketones (excluding diaryl/α,β-unsaturated/α-hetero) is 3. The average Bonchev–Trinajstić information content (AvgIpc) is 3.03. The van der Waals surface area contributed by atoms with Gasteiger partial charge in [-0.2, -0.15) is 0 Å². The molecular formula is C30H51NO15. The maximum atomic E-state index is 13.1. The predicted molar refractivity (Wildman–Crippen MR) is 157 cm³/mol. The molecule has 2 fully saturated rings. The van der Waals surface area contributed by atoms with Crippen molar-refractivity contribution in [3.05, 3.63) is 0 Å². The van der Waals surface area contributed by atoms with Gasteiger partial charge in [0.15, 0.2) is 12.1 Å². The Morgan fingerprint density at radius 3 is 1.96 bits per heavy atom. The fourth-order valence-corrected chi connectivity index (χ4v) is 5.25. The first kappa shape index (κ1) is 40.2. The average molecular weight is 666 g/mol. The third-order valence-electron chi connectivity index (χ3n) is 8.53. The van der Waals surface area contributed by atoms with Gasteiger partial charge in [-0.15, -0.1) is 0 Å². The van der Waals surface area contributed by atoms with Gasteiger partial charge in [-0.05, 0) is 12.8 Å². The molecule has 12 unspecified atom stereocenters. The van der Waals surface area contributed by atoms with Gasteiger partial charge in [0, 0.05) is 50.0 Å². The van der Waals surface area contributed by atoms with Crippen LogP contribution in [0.15, 0.2) is 0 Å². The Labute approximate surface area is 267 Å². The van der Waals surface area contributed by atoms with Crippen molar-refractivity contribution in [2.24, 2.45) is 17.8 Å². The minimum atomic E-state index is -1.64. The van der Waals surface area contributed by atoms with E-state index >= 15 is 0 Å². The monoisotopic (exact) mass is 665 g/mol. The first-order chi connectivity index (χ1) is 21.6. The van der Waals surface area contributed by atoms with Crippen LogP contribution in [0.3, 0.4) is 0 Å². The Hall–Kier alpha value is -1.96. The lowest BCUT2D eigenvalue weighted by Gasteiger charge is -2.40. The summed E-state index contributed by atoms with van der Waals surface area (Å²) in [6.45, 7) is 3.18. The number of hydrogen-bond acceptors (Lipinski definition) is 15. The number of aliphatic hydroxyl groups is 8. The summed E-state index contributed by atoms with van der Waals surface area (Å²) in [5, 5.41) is 81.7. The van der Waals surface area contributed by atoms with Crippen molar-refractivity contribution in [3.8, 4) is 0 Å². The van der Waals surface area contributed by atoms with Crippen LogP contribution < -0.4 is 5.32 Å². The lowest BCUT2D eigenvalue weighted by atomic mass is 9.81. The summed E-state index contributed by atoms with van der Waals surface area (Å²) in [6, 6.07) is -1.22. The summed E-state index contributed by atoms with van der Waals surface area (Å²) >= 11 is 0. The molecule has 0 spiro atoms. The fourth-order valence-electron chi connectivity index (χ4n) is 5.25. The highest BCUT2D eigenvalue weighted by Crippen LogP contribution is 2.28. The first-order valence-corrected chi connectivity index (χ1v) is 15.7. The smallest absolute Gasteiger partial charge is 0.221 e. The molecule has 0 aromatic heterocycles. The maximum Gasteiger partial charge on any atom is 0.221 e. The van der Waals surface area contributed by atoms with Crippen LogP contribution in [0.2, 0.25) is 0 Å². The number of amides is 1. The summed E-state index contributed by atoms with van der Waals surface area (Å²) in [4.78, 5) is 50.5. The number of ether oxygens (including phenoxy) is 3. The van der Waals surface area contributed by atoms with Gasteiger partial charge >= 0.3 is 0 Å². The third-order valence-corrected chi connectivity index (χ3v) is 8.53. The number of ketones is 3. The molecule has 0 aromatic rings. The molecule has 1 saturated heterocycles. The molecule has 266 valence electrons. The van der Waals surface area contributed by atoms with Gasteiger partial charge in [0.25, 0.3) is 0 Å². The van der Waals surface area contributed by atoms with Crippen LogP contribution in [0.4, 0.5) is 0 Å². The van der Waals surface area contributed by atoms with Crippen LogP contribution in [0.1, 0.15) is 59.3 Å². The largest absolute Gasteiger partial charge is 0.396 e. The molecule has 16 nitrogen and oxygen atoms in total. The summed E-state index contributed by atoms with van der Waals surface area (Å²) in [5.74, 6) is -3.32. The van der Waals surface area contributed by atoms with E-state index in [0.717, 1.165) is 0 Å². The molecule has 1 aliphatic heterocycles. The molecule has 1 saturated carbocycles.